The number of nitrogens with one attached hydrogen (secondary N) is 2. The van der Waals surface area contributed by atoms with Crippen LogP contribution in [0.2, 0.25) is 0 Å². The molecule has 0 spiro atoms. The zero-order chi connectivity index (χ0) is 26.5. The molecule has 3 aliphatic carbocycles. The van der Waals surface area contributed by atoms with E-state index in [1.165, 1.54) is 19.3 Å². The van der Waals surface area contributed by atoms with E-state index < -0.39 is 0 Å². The summed E-state index contributed by atoms with van der Waals surface area (Å²) in [6.45, 7) is 7.06. The normalized spacial score (nSPS) is 20.5. The number of rotatable bonds is 7. The quantitative estimate of drug-likeness (QED) is 0.331. The van der Waals surface area contributed by atoms with Crippen molar-refractivity contribution in [3.05, 3.63) is 77.2 Å². The van der Waals surface area contributed by atoms with Crippen LogP contribution in [-0.4, -0.2) is 26.5 Å². The first-order valence-electron chi connectivity index (χ1n) is 13.0. The first-order valence-corrected chi connectivity index (χ1v) is 13.0. The number of aromatic nitrogens is 4. The lowest BCUT2D eigenvalue weighted by atomic mass is 9.50. The third kappa shape index (κ3) is 4.13. The fraction of sp³-hybridized carbons (Fsp3) is 0.367. The highest BCUT2D eigenvalue weighted by atomic mass is 15.5. The zero-order valence-electron chi connectivity index (χ0n) is 21.9. The molecule has 38 heavy (non-hydrogen) atoms. The first kappa shape index (κ1) is 23.9. The van der Waals surface area contributed by atoms with E-state index in [2.05, 4.69) is 81.9 Å². The van der Waals surface area contributed by atoms with Gasteiger partial charge in [0.25, 0.3) is 0 Å². The maximum atomic E-state index is 9.89. The number of nitrogens with zero attached hydrogens (tertiary/aromatic N) is 6. The van der Waals surface area contributed by atoms with Crippen LogP contribution in [0.25, 0.3) is 10.9 Å². The summed E-state index contributed by atoms with van der Waals surface area (Å²) in [4.78, 5) is 4.67. The van der Waals surface area contributed by atoms with Crippen molar-refractivity contribution in [2.75, 3.05) is 17.2 Å². The van der Waals surface area contributed by atoms with E-state index >= 15 is 0 Å². The summed E-state index contributed by atoms with van der Waals surface area (Å²) in [6, 6.07) is 18.0. The molecule has 4 aromatic rings. The van der Waals surface area contributed by atoms with E-state index in [0.29, 0.717) is 34.6 Å². The molecule has 0 saturated heterocycles. The summed E-state index contributed by atoms with van der Waals surface area (Å²) < 4.78 is 2.05. The van der Waals surface area contributed by atoms with Crippen LogP contribution in [0.1, 0.15) is 68.5 Å². The molecule has 2 aromatic carbocycles. The summed E-state index contributed by atoms with van der Waals surface area (Å²) >= 11 is 0. The zero-order valence-corrected chi connectivity index (χ0v) is 21.9. The lowest BCUT2D eigenvalue weighted by Gasteiger charge is -2.61. The molecule has 2 bridgehead atoms. The van der Waals surface area contributed by atoms with Crippen LogP contribution in [-0.2, 0) is 5.54 Å². The largest absolute Gasteiger partial charge is 0.383 e. The molecule has 2 heterocycles. The molecule has 3 aliphatic rings. The van der Waals surface area contributed by atoms with Crippen LogP contribution in [0.15, 0.2) is 54.9 Å². The molecule has 0 amide bonds. The summed E-state index contributed by atoms with van der Waals surface area (Å²) in [6.07, 6.45) is 7.21. The van der Waals surface area contributed by atoms with Gasteiger partial charge in [0, 0.05) is 18.1 Å². The average molecular weight is 503 g/mol. The van der Waals surface area contributed by atoms with Crippen LogP contribution >= 0.6 is 0 Å². The van der Waals surface area contributed by atoms with Crippen LogP contribution in [0, 0.1) is 34.0 Å². The Morgan fingerprint density at radius 3 is 2.50 bits per heavy atom. The van der Waals surface area contributed by atoms with Crippen LogP contribution in [0.4, 0.5) is 11.4 Å². The average Bonchev–Trinajstić information content (AvgIpc) is 3.32. The SMILES string of the molecule is CC(C)(C)CNc1c(C#N)cnc2c(N[C@@H](c3ccccc3)c3cn(C45CC(C4)C5)nn3)cc(C#N)cc12. The molecule has 0 radical (unpaired) electrons. The monoisotopic (exact) mass is 502 g/mol. The molecule has 7 rings (SSSR count). The fourth-order valence-electron chi connectivity index (χ4n) is 5.59. The van der Waals surface area contributed by atoms with Gasteiger partial charge in [-0.15, -0.1) is 5.10 Å². The Bertz CT molecular complexity index is 1580. The highest BCUT2D eigenvalue weighted by Crippen LogP contribution is 2.62. The molecule has 190 valence electrons. The smallest absolute Gasteiger partial charge is 0.109 e. The van der Waals surface area contributed by atoms with Crippen LogP contribution in [0.5, 0.6) is 0 Å². The van der Waals surface area contributed by atoms with Crippen LogP contribution in [0.3, 0.4) is 0 Å². The van der Waals surface area contributed by atoms with Gasteiger partial charge in [-0.1, -0.05) is 56.3 Å². The summed E-state index contributed by atoms with van der Waals surface area (Å²) in [7, 11) is 0. The minimum absolute atomic E-state index is 0.000858. The fourth-order valence-corrected chi connectivity index (χ4v) is 5.59. The molecule has 8 heteroatoms. The van der Waals surface area contributed by atoms with E-state index in [0.717, 1.165) is 22.6 Å². The standard InChI is InChI=1S/C30H30N8/c1-29(2,3)18-34-26-22(15-32)16-33-28-23(26)9-19(14-31)10-24(28)35-27(21-7-5-4-6-8-21)25-17-38(37-36-25)30-11-20(12-30)13-30/h4-10,16-17,20,27,35H,11-13,18H2,1-3H3,(H,33,34)/t20?,27-,30?/m0/s1. The summed E-state index contributed by atoms with van der Waals surface area (Å²) in [5.41, 5.74) is 5.02. The third-order valence-corrected chi connectivity index (χ3v) is 7.75. The first-order chi connectivity index (χ1) is 18.3. The maximum absolute atomic E-state index is 9.89. The van der Waals surface area contributed by atoms with Crippen molar-refractivity contribution in [3.63, 3.8) is 0 Å². The Morgan fingerprint density at radius 1 is 1.11 bits per heavy atom. The topological polar surface area (TPSA) is 115 Å². The predicted molar refractivity (Wildman–Crippen MR) is 146 cm³/mol. The van der Waals surface area contributed by atoms with Crippen molar-refractivity contribution < 1.29 is 0 Å². The lowest BCUT2D eigenvalue weighted by Crippen LogP contribution is -2.59. The van der Waals surface area contributed by atoms with Gasteiger partial charge >= 0.3 is 0 Å². The molecule has 3 fully saturated rings. The molecule has 0 aliphatic heterocycles. The van der Waals surface area contributed by atoms with Crippen molar-refractivity contribution in [2.24, 2.45) is 11.3 Å². The Morgan fingerprint density at radius 2 is 1.87 bits per heavy atom. The van der Waals surface area contributed by atoms with Crippen molar-refractivity contribution in [1.82, 2.24) is 20.0 Å². The van der Waals surface area contributed by atoms with Gasteiger partial charge in [0.05, 0.1) is 51.9 Å². The number of hydrogen-bond acceptors (Lipinski definition) is 7. The Labute approximate surface area is 222 Å². The van der Waals surface area contributed by atoms with Gasteiger partial charge in [-0.05, 0) is 48.3 Å². The van der Waals surface area contributed by atoms with Crippen LogP contribution < -0.4 is 10.6 Å². The summed E-state index contributed by atoms with van der Waals surface area (Å²) in [5.74, 6) is 0.844. The second-order valence-corrected chi connectivity index (χ2v) is 11.9. The minimum Gasteiger partial charge on any atom is -0.383 e. The molecule has 1 atom stereocenters. The van der Waals surface area contributed by atoms with Gasteiger partial charge in [0.2, 0.25) is 0 Å². The van der Waals surface area contributed by atoms with Gasteiger partial charge in [-0.2, -0.15) is 10.5 Å². The number of fused-ring (bicyclic) bond motifs is 1. The second kappa shape index (κ2) is 8.85. The van der Waals surface area contributed by atoms with Gasteiger partial charge in [-0.25, -0.2) is 4.68 Å². The molecule has 8 nitrogen and oxygen atoms in total. The second-order valence-electron chi connectivity index (χ2n) is 11.9. The third-order valence-electron chi connectivity index (χ3n) is 7.75. The lowest BCUT2D eigenvalue weighted by molar-refractivity contribution is -0.0989. The van der Waals surface area contributed by atoms with Gasteiger partial charge in [0.15, 0.2) is 0 Å². The van der Waals surface area contributed by atoms with E-state index in [-0.39, 0.29) is 17.0 Å². The van der Waals surface area contributed by atoms with Gasteiger partial charge in [0.1, 0.15) is 11.8 Å². The molecule has 0 unspecified atom stereocenters. The van der Waals surface area contributed by atoms with Gasteiger partial charge < -0.3 is 10.6 Å². The Hall–Kier alpha value is -4.43. The maximum Gasteiger partial charge on any atom is 0.109 e. The van der Waals surface area contributed by atoms with E-state index in [9.17, 15) is 10.5 Å². The molecule has 3 saturated carbocycles. The van der Waals surface area contributed by atoms with Crippen molar-refractivity contribution >= 4 is 22.3 Å². The van der Waals surface area contributed by atoms with Gasteiger partial charge in [-0.3, -0.25) is 4.98 Å². The molecular weight excluding hydrogens is 472 g/mol. The highest BCUT2D eigenvalue weighted by Gasteiger charge is 2.58. The molecule has 2 aromatic heterocycles. The number of pyridine rings is 1. The minimum atomic E-state index is -0.294. The number of nitriles is 2. The predicted octanol–water partition coefficient (Wildman–Crippen LogP) is 5.74. The van der Waals surface area contributed by atoms with E-state index in [4.69, 9.17) is 0 Å². The van der Waals surface area contributed by atoms with Crippen molar-refractivity contribution in [1.29, 1.82) is 10.5 Å². The Balaban J connectivity index is 1.45. The Kier molecular flexibility index (Phi) is 5.57. The highest BCUT2D eigenvalue weighted by molar-refractivity contribution is 6.01. The summed E-state index contributed by atoms with van der Waals surface area (Å²) in [5, 5.41) is 36.7. The van der Waals surface area contributed by atoms with E-state index in [1.54, 1.807) is 12.3 Å². The number of hydrogen-bond donors (Lipinski definition) is 2. The van der Waals surface area contributed by atoms with E-state index in [1.807, 2.05) is 24.3 Å². The van der Waals surface area contributed by atoms with Crippen molar-refractivity contribution in [2.45, 2.75) is 51.6 Å². The molecule has 2 N–H and O–H groups in total. The molecular formula is C30H30N8. The number of anilines is 2. The number of benzene rings is 2. The van der Waals surface area contributed by atoms with Crippen molar-refractivity contribution in [3.8, 4) is 12.1 Å².